The van der Waals surface area contributed by atoms with Crippen LogP contribution in [0.25, 0.3) is 0 Å². The first-order valence-electron chi connectivity index (χ1n) is 6.38. The molecule has 6 heteroatoms. The van der Waals surface area contributed by atoms with E-state index >= 15 is 0 Å². The van der Waals surface area contributed by atoms with Crippen LogP contribution in [0.3, 0.4) is 0 Å². The summed E-state index contributed by atoms with van der Waals surface area (Å²) in [4.78, 5) is 16.2. The summed E-state index contributed by atoms with van der Waals surface area (Å²) < 4.78 is 9.96. The molecule has 1 aromatic carbocycles. The lowest BCUT2D eigenvalue weighted by atomic mass is 10.1. The maximum absolute atomic E-state index is 11.9. The highest BCUT2D eigenvalue weighted by Gasteiger charge is 2.19. The Morgan fingerprint density at radius 3 is 2.43 bits per heavy atom. The minimum absolute atomic E-state index is 0.0114. The molecule has 0 fully saturated rings. The van der Waals surface area contributed by atoms with E-state index in [1.807, 2.05) is 0 Å². The maximum atomic E-state index is 11.9. The highest BCUT2D eigenvalue weighted by molar-refractivity contribution is 6.23. The van der Waals surface area contributed by atoms with Gasteiger partial charge in [0.15, 0.2) is 0 Å². The average molecular weight is 312 g/mol. The minimum Gasteiger partial charge on any atom is -0.510 e. The van der Waals surface area contributed by atoms with Crippen LogP contribution in [0.15, 0.2) is 40.6 Å². The molecule has 0 spiro atoms. The molecule has 0 aliphatic carbocycles. The number of aliphatic imine (C=N–C) groups is 1. The van der Waals surface area contributed by atoms with Crippen molar-refractivity contribution in [2.45, 2.75) is 13.8 Å². The lowest BCUT2D eigenvalue weighted by Crippen LogP contribution is -2.17. The number of hydrogen-bond acceptors (Lipinski definition) is 5. The maximum Gasteiger partial charge on any atom is 0.343 e. The smallest absolute Gasteiger partial charge is 0.343 e. The third-order valence-electron chi connectivity index (χ3n) is 2.63. The summed E-state index contributed by atoms with van der Waals surface area (Å²) in [7, 11) is 1.57. The van der Waals surface area contributed by atoms with Crippen LogP contribution in [0.1, 0.15) is 13.8 Å². The summed E-state index contributed by atoms with van der Waals surface area (Å²) in [6.45, 7) is 3.50. The van der Waals surface area contributed by atoms with Gasteiger partial charge in [0.05, 0.1) is 31.0 Å². The van der Waals surface area contributed by atoms with Gasteiger partial charge in [-0.05, 0) is 38.1 Å². The number of aliphatic hydroxyl groups is 1. The average Bonchev–Trinajstić information content (AvgIpc) is 2.48. The van der Waals surface area contributed by atoms with Gasteiger partial charge in [-0.2, -0.15) is 0 Å². The Morgan fingerprint density at radius 2 is 1.95 bits per heavy atom. The topological polar surface area (TPSA) is 68.1 Å². The van der Waals surface area contributed by atoms with E-state index in [9.17, 15) is 9.90 Å². The fourth-order valence-electron chi connectivity index (χ4n) is 1.65. The highest BCUT2D eigenvalue weighted by Crippen LogP contribution is 2.20. The molecular weight excluding hydrogens is 294 g/mol. The van der Waals surface area contributed by atoms with Crippen molar-refractivity contribution in [1.82, 2.24) is 0 Å². The fourth-order valence-corrected chi connectivity index (χ4v) is 1.78. The number of methoxy groups -OCH3 is 1. The van der Waals surface area contributed by atoms with E-state index in [0.29, 0.717) is 17.1 Å². The number of hydrogen-bond donors (Lipinski definition) is 1. The third-order valence-corrected chi connectivity index (χ3v) is 2.88. The van der Waals surface area contributed by atoms with Gasteiger partial charge in [-0.3, -0.25) is 4.99 Å². The zero-order valence-corrected chi connectivity index (χ0v) is 13.0. The van der Waals surface area contributed by atoms with Crippen molar-refractivity contribution in [2.75, 3.05) is 19.6 Å². The van der Waals surface area contributed by atoms with Gasteiger partial charge in [-0.15, -0.1) is 11.6 Å². The van der Waals surface area contributed by atoms with Crippen molar-refractivity contribution in [3.8, 4) is 5.75 Å². The highest BCUT2D eigenvalue weighted by atomic mass is 35.5. The van der Waals surface area contributed by atoms with E-state index in [0.717, 1.165) is 0 Å². The number of aliphatic hydroxyl groups excluding tert-OH is 1. The number of halogens is 1. The van der Waals surface area contributed by atoms with Crippen LogP contribution in [0.2, 0.25) is 0 Å². The second-order valence-corrected chi connectivity index (χ2v) is 4.34. The Morgan fingerprint density at radius 1 is 1.33 bits per heavy atom. The van der Waals surface area contributed by atoms with E-state index in [4.69, 9.17) is 21.1 Å². The quantitative estimate of drug-likeness (QED) is 0.287. The summed E-state index contributed by atoms with van der Waals surface area (Å²) >= 11 is 5.59. The molecule has 1 N–H and O–H groups in total. The number of rotatable bonds is 6. The van der Waals surface area contributed by atoms with Gasteiger partial charge in [-0.1, -0.05) is 0 Å². The van der Waals surface area contributed by atoms with Crippen LogP contribution in [0.4, 0.5) is 5.69 Å². The summed E-state index contributed by atoms with van der Waals surface area (Å²) in [6.07, 6.45) is 0. The molecule has 0 aliphatic rings. The van der Waals surface area contributed by atoms with Gasteiger partial charge in [0.2, 0.25) is 0 Å². The molecule has 0 bridgehead atoms. The number of esters is 1. The summed E-state index contributed by atoms with van der Waals surface area (Å²) in [5.74, 6) is -0.393. The van der Waals surface area contributed by atoms with Gasteiger partial charge in [-0.25, -0.2) is 4.79 Å². The Labute approximate surface area is 128 Å². The molecule has 0 atom stereocenters. The standard InChI is InChI=1S/C15H18ClNO4/c1-4-21-15(19)14(13(18)9-16)10(2)17-11-5-7-12(20-3)8-6-11/h5-8,18H,4,9H2,1-3H3/b14-13-,17-10?. The number of carbonyl (C=O) groups excluding carboxylic acids is 1. The SMILES string of the molecule is CCOC(=O)/C(C(C)=Nc1ccc(OC)cc1)=C(\O)CCl. The normalized spacial score (nSPS) is 12.7. The molecule has 0 aromatic heterocycles. The predicted octanol–water partition coefficient (Wildman–Crippen LogP) is 3.40. The van der Waals surface area contributed by atoms with Crippen LogP contribution >= 0.6 is 11.6 Å². The van der Waals surface area contributed by atoms with Gasteiger partial charge in [0, 0.05) is 0 Å². The number of nitrogens with zero attached hydrogens (tertiary/aromatic N) is 1. The van der Waals surface area contributed by atoms with Gasteiger partial charge >= 0.3 is 5.97 Å². The molecule has 0 saturated heterocycles. The second-order valence-electron chi connectivity index (χ2n) is 4.07. The van der Waals surface area contributed by atoms with Crippen molar-refractivity contribution in [3.05, 3.63) is 35.6 Å². The molecule has 21 heavy (non-hydrogen) atoms. The number of allylic oxidation sites excluding steroid dienone is 1. The first-order valence-corrected chi connectivity index (χ1v) is 6.91. The third kappa shape index (κ3) is 4.79. The predicted molar refractivity (Wildman–Crippen MR) is 82.8 cm³/mol. The minimum atomic E-state index is -0.648. The van der Waals surface area contributed by atoms with Crippen LogP contribution in [0.5, 0.6) is 5.75 Å². The molecule has 5 nitrogen and oxygen atoms in total. The Kier molecular flexibility index (Phi) is 6.75. The fraction of sp³-hybridized carbons (Fsp3) is 0.333. The van der Waals surface area contributed by atoms with Crippen LogP contribution in [0, 0.1) is 0 Å². The zero-order valence-electron chi connectivity index (χ0n) is 12.2. The Hall–Kier alpha value is -2.01. The Bertz CT molecular complexity index is 549. The summed E-state index contributed by atoms with van der Waals surface area (Å²) in [5, 5.41) is 9.79. The lowest BCUT2D eigenvalue weighted by molar-refractivity contribution is -0.138. The lowest BCUT2D eigenvalue weighted by Gasteiger charge is -2.09. The Balaban J connectivity index is 3.12. The first-order chi connectivity index (χ1) is 10.0. The van der Waals surface area contributed by atoms with Gasteiger partial charge in [0.25, 0.3) is 0 Å². The van der Waals surface area contributed by atoms with Crippen LogP contribution in [-0.2, 0) is 9.53 Å². The molecule has 0 saturated carbocycles. The van der Waals surface area contributed by atoms with Gasteiger partial charge < -0.3 is 14.6 Å². The van der Waals surface area contributed by atoms with Crippen molar-refractivity contribution in [1.29, 1.82) is 0 Å². The first kappa shape index (κ1) is 17.0. The molecule has 0 radical (unpaired) electrons. The van der Waals surface area contributed by atoms with E-state index in [2.05, 4.69) is 4.99 Å². The van der Waals surface area contributed by atoms with Crippen LogP contribution < -0.4 is 4.74 Å². The second kappa shape index (κ2) is 8.32. The largest absolute Gasteiger partial charge is 0.510 e. The molecular formula is C15H18ClNO4. The van der Waals surface area contributed by atoms with Crippen molar-refractivity contribution >= 4 is 29.0 Å². The number of carbonyl (C=O) groups is 1. The number of alkyl halides is 1. The number of benzene rings is 1. The monoisotopic (exact) mass is 311 g/mol. The molecule has 0 amide bonds. The summed E-state index contributed by atoms with van der Waals surface area (Å²) in [6, 6.07) is 6.98. The molecule has 0 aliphatic heterocycles. The molecule has 0 unspecified atom stereocenters. The number of ether oxygens (including phenoxy) is 2. The molecule has 114 valence electrons. The van der Waals surface area contributed by atoms with E-state index in [1.54, 1.807) is 45.2 Å². The molecule has 1 aromatic rings. The van der Waals surface area contributed by atoms with Crippen molar-refractivity contribution in [3.63, 3.8) is 0 Å². The molecule has 1 rings (SSSR count). The van der Waals surface area contributed by atoms with E-state index in [1.165, 1.54) is 0 Å². The van der Waals surface area contributed by atoms with E-state index < -0.39 is 5.97 Å². The van der Waals surface area contributed by atoms with Crippen molar-refractivity contribution in [2.24, 2.45) is 4.99 Å². The summed E-state index contributed by atoms with van der Waals surface area (Å²) in [5.41, 5.74) is 0.942. The van der Waals surface area contributed by atoms with Crippen molar-refractivity contribution < 1.29 is 19.4 Å². The zero-order chi connectivity index (χ0) is 15.8. The van der Waals surface area contributed by atoms with E-state index in [-0.39, 0.29) is 23.8 Å². The van der Waals surface area contributed by atoms with Crippen LogP contribution in [-0.4, -0.2) is 36.4 Å². The molecule has 0 heterocycles. The van der Waals surface area contributed by atoms with Gasteiger partial charge in [0.1, 0.15) is 17.1 Å².